The molecule has 8 heteroatoms. The van der Waals surface area contributed by atoms with Crippen LogP contribution in [0.5, 0.6) is 0 Å². The van der Waals surface area contributed by atoms with E-state index in [9.17, 15) is 14.0 Å². The van der Waals surface area contributed by atoms with E-state index in [4.69, 9.17) is 9.40 Å². The standard InChI is InChI=1S/C35H27FN4O3/c1-20-5-6-23(33(41)40-35(15-16-35)30-14-12-27-28(39-30)4-3-17-38-27)19-25(20)29-13-9-22-18-26(21-7-10-24(36)11-8-21)31(32(22)43-29)34(42)37-2/h3-14,17-19H,15-16H2,1-2H3,(H,37,42)(H,40,41). The van der Waals surface area contributed by atoms with E-state index in [0.717, 1.165) is 46.3 Å². The minimum absolute atomic E-state index is 0.203. The van der Waals surface area contributed by atoms with Crippen LogP contribution >= 0.6 is 0 Å². The first kappa shape index (κ1) is 26.5. The third kappa shape index (κ3) is 4.70. The van der Waals surface area contributed by atoms with Crippen molar-refractivity contribution in [2.75, 3.05) is 7.05 Å². The van der Waals surface area contributed by atoms with Gasteiger partial charge in [0.2, 0.25) is 0 Å². The summed E-state index contributed by atoms with van der Waals surface area (Å²) in [5.41, 5.74) is 6.51. The Bertz CT molecular complexity index is 2010. The van der Waals surface area contributed by atoms with Crippen LogP contribution in [-0.2, 0) is 5.54 Å². The zero-order chi connectivity index (χ0) is 29.7. The van der Waals surface area contributed by atoms with Crippen LogP contribution in [0.3, 0.4) is 0 Å². The molecular weight excluding hydrogens is 543 g/mol. The lowest BCUT2D eigenvalue weighted by Crippen LogP contribution is -2.35. The minimum atomic E-state index is -0.510. The molecule has 2 aromatic carbocycles. The highest BCUT2D eigenvalue weighted by molar-refractivity contribution is 6.08. The normalized spacial score (nSPS) is 13.7. The van der Waals surface area contributed by atoms with Crippen molar-refractivity contribution in [1.29, 1.82) is 0 Å². The van der Waals surface area contributed by atoms with Gasteiger partial charge in [0.1, 0.15) is 17.3 Å². The van der Waals surface area contributed by atoms with Crippen molar-refractivity contribution in [2.24, 2.45) is 0 Å². The maximum atomic E-state index is 13.6. The summed E-state index contributed by atoms with van der Waals surface area (Å²) < 4.78 is 20.0. The van der Waals surface area contributed by atoms with Crippen molar-refractivity contribution in [2.45, 2.75) is 25.3 Å². The molecule has 43 heavy (non-hydrogen) atoms. The summed E-state index contributed by atoms with van der Waals surface area (Å²) in [5.74, 6) is 0.0648. The van der Waals surface area contributed by atoms with E-state index >= 15 is 0 Å². The van der Waals surface area contributed by atoms with Gasteiger partial charge in [0, 0.05) is 29.9 Å². The number of aromatic nitrogens is 2. The Morgan fingerprint density at radius 1 is 0.860 bits per heavy atom. The number of aryl methyl sites for hydroxylation is 1. The molecule has 212 valence electrons. The van der Waals surface area contributed by atoms with Crippen LogP contribution in [0.15, 0.2) is 95.5 Å². The topological polar surface area (TPSA) is 97.1 Å². The van der Waals surface area contributed by atoms with Crippen LogP contribution in [0.25, 0.3) is 44.8 Å². The lowest BCUT2D eigenvalue weighted by molar-refractivity contribution is 0.0928. The second-order valence-electron chi connectivity index (χ2n) is 10.9. The van der Waals surface area contributed by atoms with Gasteiger partial charge in [-0.15, -0.1) is 0 Å². The zero-order valence-corrected chi connectivity index (χ0v) is 23.6. The molecule has 1 aliphatic heterocycles. The number of amides is 2. The molecule has 1 fully saturated rings. The van der Waals surface area contributed by atoms with Crippen molar-refractivity contribution in [1.82, 2.24) is 20.6 Å². The number of carbonyl (C=O) groups is 2. The van der Waals surface area contributed by atoms with Gasteiger partial charge in [-0.25, -0.2) is 9.37 Å². The number of benzene rings is 2. The van der Waals surface area contributed by atoms with Crippen LogP contribution in [0, 0.1) is 12.7 Å². The quantitative estimate of drug-likeness (QED) is 0.227. The largest absolute Gasteiger partial charge is 0.455 e. The third-order valence-corrected chi connectivity index (χ3v) is 8.11. The molecular formula is C35H27FN4O3. The fourth-order valence-electron chi connectivity index (χ4n) is 5.57. The van der Waals surface area contributed by atoms with Crippen LogP contribution in [0.4, 0.5) is 4.39 Å². The fraction of sp³-hybridized carbons (Fsp3) is 0.143. The Morgan fingerprint density at radius 3 is 2.42 bits per heavy atom. The number of halogens is 1. The van der Waals surface area contributed by atoms with Gasteiger partial charge < -0.3 is 15.1 Å². The Morgan fingerprint density at radius 2 is 1.65 bits per heavy atom. The van der Waals surface area contributed by atoms with Gasteiger partial charge in [0.05, 0.1) is 27.8 Å². The minimum Gasteiger partial charge on any atom is -0.455 e. The second-order valence-corrected chi connectivity index (χ2v) is 10.9. The van der Waals surface area contributed by atoms with Gasteiger partial charge in [-0.3, -0.25) is 14.6 Å². The molecule has 1 saturated carbocycles. The number of hydrogen-bond donors (Lipinski definition) is 2. The molecule has 7 nitrogen and oxygen atoms in total. The van der Waals surface area contributed by atoms with E-state index in [1.807, 2.05) is 61.5 Å². The molecule has 3 aliphatic rings. The molecule has 0 bridgehead atoms. The first-order valence-electron chi connectivity index (χ1n) is 14.1. The molecule has 0 saturated heterocycles. The molecule has 2 amide bonds. The molecule has 2 aromatic heterocycles. The fourth-order valence-corrected chi connectivity index (χ4v) is 5.57. The van der Waals surface area contributed by atoms with Gasteiger partial charge in [-0.1, -0.05) is 18.2 Å². The maximum Gasteiger partial charge on any atom is 0.255 e. The van der Waals surface area contributed by atoms with Gasteiger partial charge in [0.25, 0.3) is 11.8 Å². The Kier molecular flexibility index (Phi) is 6.27. The zero-order valence-electron chi connectivity index (χ0n) is 23.6. The lowest BCUT2D eigenvalue weighted by atomic mass is 10.0. The first-order valence-corrected chi connectivity index (χ1v) is 14.1. The monoisotopic (exact) mass is 570 g/mol. The summed E-state index contributed by atoms with van der Waals surface area (Å²) in [4.78, 5) is 35.7. The van der Waals surface area contributed by atoms with E-state index in [0.29, 0.717) is 33.8 Å². The average Bonchev–Trinajstić information content (AvgIpc) is 3.72. The molecule has 2 aliphatic carbocycles. The first-order chi connectivity index (χ1) is 20.8. The number of nitrogens with one attached hydrogen (secondary N) is 2. The van der Waals surface area contributed by atoms with E-state index in [1.54, 1.807) is 31.4 Å². The van der Waals surface area contributed by atoms with Crippen molar-refractivity contribution < 1.29 is 18.4 Å². The van der Waals surface area contributed by atoms with Gasteiger partial charge in [0.15, 0.2) is 0 Å². The number of carbonyl (C=O) groups excluding carboxylic acids is 2. The molecule has 0 unspecified atom stereocenters. The highest BCUT2D eigenvalue weighted by Gasteiger charge is 2.47. The van der Waals surface area contributed by atoms with Crippen molar-refractivity contribution >= 4 is 22.8 Å². The van der Waals surface area contributed by atoms with Crippen LogP contribution in [0.1, 0.15) is 44.8 Å². The number of pyridine rings is 2. The van der Waals surface area contributed by atoms with Gasteiger partial charge in [-0.05, 0) is 103 Å². The molecule has 0 atom stereocenters. The number of hydrogen-bond acceptors (Lipinski definition) is 5. The molecule has 2 N–H and O–H groups in total. The predicted octanol–water partition coefficient (Wildman–Crippen LogP) is 6.89. The SMILES string of the molecule is CNC(=O)c1c(-c2ccc(F)cc2)cc2ccc(-c3cc(C(=O)NC4(c5ccc6ncccc6n5)CC4)ccc3C)oc1-2. The molecule has 0 spiro atoms. The average molecular weight is 571 g/mol. The van der Waals surface area contributed by atoms with Crippen LogP contribution < -0.4 is 10.6 Å². The van der Waals surface area contributed by atoms with Gasteiger partial charge in [-0.2, -0.15) is 0 Å². The van der Waals surface area contributed by atoms with E-state index in [2.05, 4.69) is 15.6 Å². The predicted molar refractivity (Wildman–Crippen MR) is 162 cm³/mol. The maximum absolute atomic E-state index is 13.6. The Labute approximate surface area is 247 Å². The van der Waals surface area contributed by atoms with Crippen LogP contribution in [0.2, 0.25) is 0 Å². The summed E-state index contributed by atoms with van der Waals surface area (Å²) in [5, 5.41) is 5.91. The lowest BCUT2D eigenvalue weighted by Gasteiger charge is -2.18. The summed E-state index contributed by atoms with van der Waals surface area (Å²) in [6.45, 7) is 1.95. The second kappa shape index (κ2) is 10.2. The third-order valence-electron chi connectivity index (χ3n) is 8.11. The molecule has 7 rings (SSSR count). The Balaban J connectivity index is 1.23. The summed E-state index contributed by atoms with van der Waals surface area (Å²) in [7, 11) is 1.56. The summed E-state index contributed by atoms with van der Waals surface area (Å²) in [6, 6.07) is 24.7. The smallest absolute Gasteiger partial charge is 0.255 e. The highest BCUT2D eigenvalue weighted by Crippen LogP contribution is 2.45. The van der Waals surface area contributed by atoms with E-state index in [-0.39, 0.29) is 17.6 Å². The molecule has 0 radical (unpaired) electrons. The Hall–Kier alpha value is -5.37. The van der Waals surface area contributed by atoms with Crippen molar-refractivity contribution in [3.8, 4) is 33.8 Å². The van der Waals surface area contributed by atoms with Crippen molar-refractivity contribution in [3.05, 3.63) is 119 Å². The van der Waals surface area contributed by atoms with Crippen LogP contribution in [-0.4, -0.2) is 28.8 Å². The number of fused-ring (bicyclic) bond motifs is 2. The summed E-state index contributed by atoms with van der Waals surface area (Å²) >= 11 is 0. The van der Waals surface area contributed by atoms with Gasteiger partial charge >= 0.3 is 0 Å². The molecule has 3 heterocycles. The summed E-state index contributed by atoms with van der Waals surface area (Å²) in [6.07, 6.45) is 3.34. The number of rotatable bonds is 6. The van der Waals surface area contributed by atoms with Crippen molar-refractivity contribution in [3.63, 3.8) is 0 Å². The highest BCUT2D eigenvalue weighted by atomic mass is 19.1. The number of nitrogens with zero attached hydrogens (tertiary/aromatic N) is 2. The van der Waals surface area contributed by atoms with E-state index in [1.165, 1.54) is 12.1 Å². The molecule has 4 aromatic rings. The van der Waals surface area contributed by atoms with E-state index < -0.39 is 5.54 Å².